The van der Waals surface area contributed by atoms with E-state index in [2.05, 4.69) is 10.3 Å². The van der Waals surface area contributed by atoms with Crippen LogP contribution in [-0.4, -0.2) is 42.3 Å². The fourth-order valence-electron chi connectivity index (χ4n) is 2.10. The predicted octanol–water partition coefficient (Wildman–Crippen LogP) is 1.42. The van der Waals surface area contributed by atoms with Crippen molar-refractivity contribution in [3.63, 3.8) is 0 Å². The van der Waals surface area contributed by atoms with Gasteiger partial charge < -0.3 is 14.5 Å². The average molecular weight is 343 g/mol. The van der Waals surface area contributed by atoms with E-state index >= 15 is 0 Å². The van der Waals surface area contributed by atoms with Gasteiger partial charge in [-0.25, -0.2) is 13.4 Å². The molecule has 0 saturated carbocycles. The molecule has 2 aromatic rings. The van der Waals surface area contributed by atoms with Gasteiger partial charge in [0.25, 0.3) is 0 Å². The summed E-state index contributed by atoms with van der Waals surface area (Å²) in [5.41, 5.74) is 0.652. The molecule has 0 aliphatic rings. The predicted molar refractivity (Wildman–Crippen MR) is 84.0 cm³/mol. The Labute approximate surface area is 133 Å². The largest absolute Gasteiger partial charge is 0.488 e. The first-order chi connectivity index (χ1) is 10.7. The smallest absolute Gasteiger partial charge is 0.221 e. The number of hydrogen-bond donors (Lipinski definition) is 1. The number of nitrogens with one attached hydrogen (secondary N) is 1. The van der Waals surface area contributed by atoms with E-state index in [4.69, 9.17) is 4.74 Å². The maximum atomic E-state index is 14.6. The number of aryl methyl sites for hydroxylation is 1. The van der Waals surface area contributed by atoms with Crippen LogP contribution in [0.15, 0.2) is 12.4 Å². The lowest BCUT2D eigenvalue weighted by Crippen LogP contribution is -2.10. The summed E-state index contributed by atoms with van der Waals surface area (Å²) >= 11 is 0. The standard InChI is InChI=1S/C14H18FN3O4S/c1-4-22-13-11(16-9(2)19)8-18-7-10(5-6-23(3,20)21)17-14(18)12(13)15/h7-8H,4-6H2,1-3H3,(H,16,19). The number of anilines is 1. The molecule has 2 aromatic heterocycles. The van der Waals surface area contributed by atoms with Crippen LogP contribution in [-0.2, 0) is 21.1 Å². The third kappa shape index (κ3) is 4.19. The first-order valence-corrected chi connectivity index (χ1v) is 9.05. The number of carbonyl (C=O) groups is 1. The Kier molecular flexibility index (Phi) is 4.88. The summed E-state index contributed by atoms with van der Waals surface area (Å²) in [5.74, 6) is -1.23. The highest BCUT2D eigenvalue weighted by molar-refractivity contribution is 7.90. The van der Waals surface area contributed by atoms with Gasteiger partial charge in [-0.05, 0) is 6.92 Å². The number of carbonyl (C=O) groups excluding carboxylic acids is 1. The van der Waals surface area contributed by atoms with Crippen LogP contribution >= 0.6 is 0 Å². The second-order valence-corrected chi connectivity index (χ2v) is 7.40. The molecule has 2 rings (SSSR count). The molecule has 0 radical (unpaired) electrons. The van der Waals surface area contributed by atoms with Gasteiger partial charge in [0.1, 0.15) is 15.5 Å². The molecule has 0 saturated heterocycles. The summed E-state index contributed by atoms with van der Waals surface area (Å²) in [5, 5.41) is 2.51. The zero-order chi connectivity index (χ0) is 17.2. The van der Waals surface area contributed by atoms with Crippen molar-refractivity contribution in [1.29, 1.82) is 0 Å². The van der Waals surface area contributed by atoms with Crippen molar-refractivity contribution in [3.05, 3.63) is 23.9 Å². The van der Waals surface area contributed by atoms with Crippen LogP contribution < -0.4 is 10.1 Å². The molecule has 126 valence electrons. The molecular weight excluding hydrogens is 325 g/mol. The lowest BCUT2D eigenvalue weighted by atomic mass is 10.3. The number of sulfone groups is 1. The van der Waals surface area contributed by atoms with E-state index < -0.39 is 15.7 Å². The number of nitrogens with zero attached hydrogens (tertiary/aromatic N) is 2. The lowest BCUT2D eigenvalue weighted by molar-refractivity contribution is -0.114. The third-order valence-electron chi connectivity index (χ3n) is 3.02. The maximum absolute atomic E-state index is 14.6. The van der Waals surface area contributed by atoms with Crippen LogP contribution in [0.4, 0.5) is 10.1 Å². The third-order valence-corrected chi connectivity index (χ3v) is 3.96. The number of aromatic nitrogens is 2. The van der Waals surface area contributed by atoms with Crippen molar-refractivity contribution in [2.75, 3.05) is 23.9 Å². The monoisotopic (exact) mass is 343 g/mol. The summed E-state index contributed by atoms with van der Waals surface area (Å²) in [4.78, 5) is 15.4. The molecule has 1 amide bonds. The number of amides is 1. The zero-order valence-corrected chi connectivity index (χ0v) is 13.9. The molecule has 9 heteroatoms. The second kappa shape index (κ2) is 6.53. The molecule has 0 aromatic carbocycles. The fraction of sp³-hybridized carbons (Fsp3) is 0.429. The van der Waals surface area contributed by atoms with Gasteiger partial charge in [-0.15, -0.1) is 0 Å². The van der Waals surface area contributed by atoms with Crippen molar-refractivity contribution in [1.82, 2.24) is 9.38 Å². The molecular formula is C14H18FN3O4S. The summed E-state index contributed by atoms with van der Waals surface area (Å²) in [6, 6.07) is 0. The Hall–Kier alpha value is -2.16. The molecule has 0 aliphatic carbocycles. The highest BCUT2D eigenvalue weighted by Gasteiger charge is 2.18. The van der Waals surface area contributed by atoms with Crippen LogP contribution in [0.3, 0.4) is 0 Å². The number of rotatable bonds is 6. The van der Waals surface area contributed by atoms with Crippen LogP contribution in [0.2, 0.25) is 0 Å². The quantitative estimate of drug-likeness (QED) is 0.857. The molecule has 0 atom stereocenters. The van der Waals surface area contributed by atoms with Gasteiger partial charge in [0.05, 0.1) is 18.1 Å². The van der Waals surface area contributed by atoms with E-state index in [0.29, 0.717) is 5.69 Å². The number of pyridine rings is 1. The average Bonchev–Trinajstić information content (AvgIpc) is 2.83. The minimum absolute atomic E-state index is 0.0195. The highest BCUT2D eigenvalue weighted by atomic mass is 32.2. The number of hydrogen-bond acceptors (Lipinski definition) is 5. The summed E-state index contributed by atoms with van der Waals surface area (Å²) < 4.78 is 43.7. The van der Waals surface area contributed by atoms with E-state index in [0.717, 1.165) is 6.26 Å². The molecule has 0 spiro atoms. The molecule has 2 heterocycles. The fourth-order valence-corrected chi connectivity index (χ4v) is 2.68. The molecule has 1 N–H and O–H groups in total. The molecule has 0 aliphatic heterocycles. The van der Waals surface area contributed by atoms with Crippen molar-refractivity contribution in [3.8, 4) is 5.75 Å². The Morgan fingerprint density at radius 3 is 2.70 bits per heavy atom. The van der Waals surface area contributed by atoms with E-state index in [9.17, 15) is 17.6 Å². The first kappa shape index (κ1) is 17.2. The highest BCUT2D eigenvalue weighted by Crippen LogP contribution is 2.31. The number of fused-ring (bicyclic) bond motifs is 1. The maximum Gasteiger partial charge on any atom is 0.221 e. The molecule has 0 bridgehead atoms. The van der Waals surface area contributed by atoms with Gasteiger partial charge in [0, 0.05) is 32.0 Å². The minimum Gasteiger partial charge on any atom is -0.488 e. The lowest BCUT2D eigenvalue weighted by Gasteiger charge is -2.12. The zero-order valence-electron chi connectivity index (χ0n) is 13.1. The Bertz CT molecular complexity index is 845. The van der Waals surface area contributed by atoms with Gasteiger partial charge in [-0.1, -0.05) is 0 Å². The van der Waals surface area contributed by atoms with Gasteiger partial charge in [-0.3, -0.25) is 4.79 Å². The van der Waals surface area contributed by atoms with Crippen molar-refractivity contribution >= 4 is 27.1 Å². The minimum atomic E-state index is -3.14. The topological polar surface area (TPSA) is 89.8 Å². The number of halogens is 1. The van der Waals surface area contributed by atoms with Crippen molar-refractivity contribution < 1.29 is 22.3 Å². The van der Waals surface area contributed by atoms with Gasteiger partial charge in [0.15, 0.2) is 11.4 Å². The Morgan fingerprint density at radius 2 is 2.13 bits per heavy atom. The van der Waals surface area contributed by atoms with E-state index in [-0.39, 0.29) is 41.8 Å². The van der Waals surface area contributed by atoms with E-state index in [1.807, 2.05) is 0 Å². The van der Waals surface area contributed by atoms with Crippen LogP contribution in [0.1, 0.15) is 19.5 Å². The normalized spacial score (nSPS) is 11.7. The number of imidazole rings is 1. The van der Waals surface area contributed by atoms with Crippen molar-refractivity contribution in [2.24, 2.45) is 0 Å². The molecule has 7 nitrogen and oxygen atoms in total. The summed E-state index contributed by atoms with van der Waals surface area (Å²) in [7, 11) is -3.14. The first-order valence-electron chi connectivity index (χ1n) is 6.99. The van der Waals surface area contributed by atoms with Crippen LogP contribution in [0.5, 0.6) is 5.75 Å². The Morgan fingerprint density at radius 1 is 1.43 bits per heavy atom. The summed E-state index contributed by atoms with van der Waals surface area (Å²) in [6.45, 7) is 3.23. The van der Waals surface area contributed by atoms with Crippen LogP contribution in [0, 0.1) is 5.82 Å². The SMILES string of the molecule is CCOc1c(NC(C)=O)cn2cc(CCS(C)(=O)=O)nc2c1F. The van der Waals surface area contributed by atoms with E-state index in [1.54, 1.807) is 6.92 Å². The van der Waals surface area contributed by atoms with Gasteiger partial charge in [-0.2, -0.15) is 4.39 Å². The second-order valence-electron chi connectivity index (χ2n) is 5.14. The van der Waals surface area contributed by atoms with Crippen LogP contribution in [0.25, 0.3) is 5.65 Å². The molecule has 0 fully saturated rings. The van der Waals surface area contributed by atoms with E-state index in [1.165, 1.54) is 23.7 Å². The summed E-state index contributed by atoms with van der Waals surface area (Å²) in [6.07, 6.45) is 4.33. The Balaban J connectivity index is 2.48. The van der Waals surface area contributed by atoms with Gasteiger partial charge in [0.2, 0.25) is 11.7 Å². The molecule has 0 unspecified atom stereocenters. The van der Waals surface area contributed by atoms with Gasteiger partial charge >= 0.3 is 0 Å². The molecule has 23 heavy (non-hydrogen) atoms. The number of ether oxygens (including phenoxy) is 1. The van der Waals surface area contributed by atoms with Crippen molar-refractivity contribution in [2.45, 2.75) is 20.3 Å².